The molecule has 1 aromatic carbocycles. The van der Waals surface area contributed by atoms with Gasteiger partial charge in [0.05, 0.1) is 5.69 Å². The number of hydrogen-bond donors (Lipinski definition) is 1. The summed E-state index contributed by atoms with van der Waals surface area (Å²) in [6.07, 6.45) is -1.20. The molecule has 0 atom stereocenters. The lowest BCUT2D eigenvalue weighted by atomic mass is 10.3. The number of nitrogens with zero attached hydrogens (tertiary/aromatic N) is 1. The number of carboxylic acid groups (broad SMARTS) is 1. The lowest BCUT2D eigenvalue weighted by molar-refractivity contribution is 0.202. The molecule has 0 saturated carbocycles. The van der Waals surface area contributed by atoms with E-state index in [2.05, 4.69) is 0 Å². The van der Waals surface area contributed by atoms with Gasteiger partial charge in [0.1, 0.15) is 0 Å². The number of halogens is 2. The summed E-state index contributed by atoms with van der Waals surface area (Å²) in [5, 5.41) is 8.70. The van der Waals surface area contributed by atoms with Gasteiger partial charge in [-0.05, 0) is 19.1 Å². The molecule has 1 N–H and O–H groups in total. The first-order chi connectivity index (χ1) is 6.56. The average molecular weight is 201 g/mol. The van der Waals surface area contributed by atoms with E-state index in [4.69, 9.17) is 5.11 Å². The molecule has 0 fully saturated rings. The molecule has 1 aromatic rings. The van der Waals surface area contributed by atoms with Crippen molar-refractivity contribution in [3.05, 3.63) is 29.8 Å². The number of carbonyl (C=O) groups is 1. The topological polar surface area (TPSA) is 40.5 Å². The molecule has 5 heteroatoms. The zero-order valence-electron chi connectivity index (χ0n) is 7.50. The molecule has 76 valence electrons. The van der Waals surface area contributed by atoms with Gasteiger partial charge in [0.2, 0.25) is 0 Å². The van der Waals surface area contributed by atoms with Gasteiger partial charge < -0.3 is 5.11 Å². The number of hydrogen-bond acceptors (Lipinski definition) is 1. The molecule has 0 saturated heterocycles. The Bertz CT molecular complexity index is 355. The van der Waals surface area contributed by atoms with Crippen LogP contribution >= 0.6 is 0 Å². The molecule has 0 bridgehead atoms. The van der Waals surface area contributed by atoms with Gasteiger partial charge in [-0.1, -0.05) is 0 Å². The van der Waals surface area contributed by atoms with Gasteiger partial charge in [0.25, 0.3) is 0 Å². The maximum atomic E-state index is 12.7. The third kappa shape index (κ3) is 1.99. The maximum absolute atomic E-state index is 12.7. The summed E-state index contributed by atoms with van der Waals surface area (Å²) < 4.78 is 25.3. The second-order valence-electron chi connectivity index (χ2n) is 2.63. The van der Waals surface area contributed by atoms with Crippen molar-refractivity contribution in [2.24, 2.45) is 0 Å². The van der Waals surface area contributed by atoms with Crippen LogP contribution in [0.25, 0.3) is 0 Å². The highest BCUT2D eigenvalue weighted by molar-refractivity contribution is 5.85. The Morgan fingerprint density at radius 3 is 2.50 bits per heavy atom. The van der Waals surface area contributed by atoms with Crippen molar-refractivity contribution in [1.29, 1.82) is 0 Å². The maximum Gasteiger partial charge on any atom is 0.411 e. The van der Waals surface area contributed by atoms with E-state index in [1.54, 1.807) is 6.92 Å². The van der Waals surface area contributed by atoms with Crippen molar-refractivity contribution in [2.45, 2.75) is 6.92 Å². The van der Waals surface area contributed by atoms with Gasteiger partial charge in [0.15, 0.2) is 11.6 Å². The largest absolute Gasteiger partial charge is 0.465 e. The lowest BCUT2D eigenvalue weighted by Gasteiger charge is -2.16. The first kappa shape index (κ1) is 10.4. The van der Waals surface area contributed by atoms with Crippen molar-refractivity contribution < 1.29 is 18.7 Å². The fraction of sp³-hybridized carbons (Fsp3) is 0.222. The van der Waals surface area contributed by atoms with E-state index < -0.39 is 17.7 Å². The molecule has 1 amide bonds. The SMILES string of the molecule is CCN(C(=O)O)c1ccc(F)c(F)c1. The minimum Gasteiger partial charge on any atom is -0.465 e. The monoisotopic (exact) mass is 201 g/mol. The van der Waals surface area contributed by atoms with Gasteiger partial charge in [0, 0.05) is 12.6 Å². The molecular weight excluding hydrogens is 192 g/mol. The van der Waals surface area contributed by atoms with E-state index in [9.17, 15) is 13.6 Å². The molecule has 0 aromatic heterocycles. The highest BCUT2D eigenvalue weighted by atomic mass is 19.2. The van der Waals surface area contributed by atoms with E-state index >= 15 is 0 Å². The fourth-order valence-electron chi connectivity index (χ4n) is 1.08. The van der Waals surface area contributed by atoms with E-state index in [0.29, 0.717) is 0 Å². The first-order valence-corrected chi connectivity index (χ1v) is 4.01. The van der Waals surface area contributed by atoms with Crippen LogP contribution in [0.3, 0.4) is 0 Å². The zero-order chi connectivity index (χ0) is 10.7. The standard InChI is InChI=1S/C9H9F2NO2/c1-2-12(9(13)14)6-3-4-7(10)8(11)5-6/h3-5H,2H2,1H3,(H,13,14). The summed E-state index contributed by atoms with van der Waals surface area (Å²) in [5.41, 5.74) is 0.124. The van der Waals surface area contributed by atoms with Crippen molar-refractivity contribution in [3.8, 4) is 0 Å². The van der Waals surface area contributed by atoms with Crippen LogP contribution in [0.4, 0.5) is 19.3 Å². The third-order valence-electron chi connectivity index (χ3n) is 1.76. The Morgan fingerprint density at radius 1 is 1.43 bits per heavy atom. The molecule has 0 radical (unpaired) electrons. The first-order valence-electron chi connectivity index (χ1n) is 4.01. The molecule has 0 aliphatic carbocycles. The average Bonchev–Trinajstić information content (AvgIpc) is 2.11. The molecule has 0 spiro atoms. The van der Waals surface area contributed by atoms with Gasteiger partial charge in [-0.25, -0.2) is 13.6 Å². The Hall–Kier alpha value is -1.65. The Balaban J connectivity index is 3.06. The highest BCUT2D eigenvalue weighted by Crippen LogP contribution is 2.17. The quantitative estimate of drug-likeness (QED) is 0.798. The zero-order valence-corrected chi connectivity index (χ0v) is 7.50. The number of amides is 1. The predicted molar refractivity (Wildman–Crippen MR) is 47.4 cm³/mol. The van der Waals surface area contributed by atoms with Crippen LogP contribution in [0, 0.1) is 11.6 Å². The highest BCUT2D eigenvalue weighted by Gasteiger charge is 2.13. The number of rotatable bonds is 2. The van der Waals surface area contributed by atoms with Gasteiger partial charge in [-0.2, -0.15) is 0 Å². The van der Waals surface area contributed by atoms with Crippen LogP contribution in [0.15, 0.2) is 18.2 Å². The van der Waals surface area contributed by atoms with Crippen LogP contribution in [-0.4, -0.2) is 17.7 Å². The summed E-state index contributed by atoms with van der Waals surface area (Å²) in [5.74, 6) is -2.04. The van der Waals surface area contributed by atoms with E-state index in [0.717, 1.165) is 17.0 Å². The van der Waals surface area contributed by atoms with Crippen molar-refractivity contribution in [3.63, 3.8) is 0 Å². The Labute approximate surface area is 79.6 Å². The van der Waals surface area contributed by atoms with E-state index in [1.165, 1.54) is 6.07 Å². The van der Waals surface area contributed by atoms with Gasteiger partial charge in [-0.15, -0.1) is 0 Å². The lowest BCUT2D eigenvalue weighted by Crippen LogP contribution is -2.28. The van der Waals surface area contributed by atoms with Gasteiger partial charge in [-0.3, -0.25) is 4.90 Å². The minimum atomic E-state index is -1.20. The fourth-order valence-corrected chi connectivity index (χ4v) is 1.08. The van der Waals surface area contributed by atoms with Crippen LogP contribution in [0.1, 0.15) is 6.92 Å². The second-order valence-corrected chi connectivity index (χ2v) is 2.63. The molecule has 0 heterocycles. The Morgan fingerprint density at radius 2 is 2.07 bits per heavy atom. The smallest absolute Gasteiger partial charge is 0.411 e. The van der Waals surface area contributed by atoms with Crippen molar-refractivity contribution in [2.75, 3.05) is 11.4 Å². The Kier molecular flexibility index (Phi) is 3.01. The molecule has 3 nitrogen and oxygen atoms in total. The van der Waals surface area contributed by atoms with Crippen molar-refractivity contribution >= 4 is 11.8 Å². The normalized spacial score (nSPS) is 9.93. The number of benzene rings is 1. The molecule has 0 aliphatic heterocycles. The predicted octanol–water partition coefficient (Wildman–Crippen LogP) is 2.47. The molecule has 14 heavy (non-hydrogen) atoms. The summed E-state index contributed by atoms with van der Waals surface area (Å²) in [7, 11) is 0. The van der Waals surface area contributed by atoms with Crippen LogP contribution in [0.5, 0.6) is 0 Å². The van der Waals surface area contributed by atoms with Gasteiger partial charge >= 0.3 is 6.09 Å². The summed E-state index contributed by atoms with van der Waals surface area (Å²) >= 11 is 0. The van der Waals surface area contributed by atoms with Crippen LogP contribution < -0.4 is 4.90 Å². The van der Waals surface area contributed by atoms with Crippen LogP contribution in [0.2, 0.25) is 0 Å². The molecule has 0 aliphatic rings. The molecular formula is C9H9F2NO2. The van der Waals surface area contributed by atoms with Crippen LogP contribution in [-0.2, 0) is 0 Å². The summed E-state index contributed by atoms with van der Waals surface area (Å²) in [6.45, 7) is 1.79. The third-order valence-corrected chi connectivity index (χ3v) is 1.76. The second kappa shape index (κ2) is 4.04. The van der Waals surface area contributed by atoms with E-state index in [1.807, 2.05) is 0 Å². The van der Waals surface area contributed by atoms with Crippen molar-refractivity contribution in [1.82, 2.24) is 0 Å². The molecule has 0 unspecified atom stereocenters. The number of anilines is 1. The summed E-state index contributed by atoms with van der Waals surface area (Å²) in [4.78, 5) is 11.6. The molecule has 1 rings (SSSR count). The van der Waals surface area contributed by atoms with E-state index in [-0.39, 0.29) is 12.2 Å². The summed E-state index contributed by atoms with van der Waals surface area (Å²) in [6, 6.07) is 2.97. The minimum absolute atomic E-state index is 0.124.